The normalized spacial score (nSPS) is 22.1. The van der Waals surface area contributed by atoms with Crippen LogP contribution in [0.25, 0.3) is 6.08 Å². The Bertz CT molecular complexity index is 514. The Kier molecular flexibility index (Phi) is 2.63. The van der Waals surface area contributed by atoms with Gasteiger partial charge < -0.3 is 0 Å². The van der Waals surface area contributed by atoms with E-state index in [1.54, 1.807) is 0 Å². The van der Waals surface area contributed by atoms with E-state index in [2.05, 4.69) is 17.3 Å². The number of carbonyl (C=O) groups excluding carboxylic acids is 1. The summed E-state index contributed by atoms with van der Waals surface area (Å²) >= 11 is 0. The lowest BCUT2D eigenvalue weighted by Crippen LogP contribution is -2.10. The summed E-state index contributed by atoms with van der Waals surface area (Å²) in [6.45, 7) is 0. The van der Waals surface area contributed by atoms with E-state index >= 15 is 0 Å². The Balaban J connectivity index is 2.09. The molecule has 1 aromatic carbocycles. The van der Waals surface area contributed by atoms with E-state index in [0.717, 1.165) is 23.1 Å². The van der Waals surface area contributed by atoms with E-state index in [4.69, 9.17) is 0 Å². The van der Waals surface area contributed by atoms with Crippen molar-refractivity contribution >= 4 is 24.3 Å². The van der Waals surface area contributed by atoms with Gasteiger partial charge in [-0.15, -0.1) is 0 Å². The first-order valence-electron chi connectivity index (χ1n) is 6.21. The van der Waals surface area contributed by atoms with Crippen molar-refractivity contribution in [3.05, 3.63) is 34.9 Å². The number of rotatable bonds is 1. The first-order chi connectivity index (χ1) is 8.36. The first-order valence-corrected chi connectivity index (χ1v) is 6.21. The summed E-state index contributed by atoms with van der Waals surface area (Å²) in [4.78, 5) is 15.4. The van der Waals surface area contributed by atoms with Gasteiger partial charge in [-0.2, -0.15) is 0 Å². The Morgan fingerprint density at radius 1 is 1.29 bits per heavy atom. The van der Waals surface area contributed by atoms with Crippen LogP contribution in [0, 0.1) is 5.92 Å². The highest BCUT2D eigenvalue weighted by Gasteiger charge is 2.19. The molecular formula is C15H15NO. The Labute approximate surface area is 101 Å². The predicted octanol–water partition coefficient (Wildman–Crippen LogP) is 3.79. The minimum Gasteiger partial charge on any atom is -0.298 e. The Morgan fingerprint density at radius 2 is 2.24 bits per heavy atom. The van der Waals surface area contributed by atoms with E-state index < -0.39 is 0 Å². The second-order valence-electron chi connectivity index (χ2n) is 4.79. The quantitative estimate of drug-likeness (QED) is 0.668. The second kappa shape index (κ2) is 4.28. The van der Waals surface area contributed by atoms with Gasteiger partial charge in [0.1, 0.15) is 6.29 Å². The number of aldehydes is 1. The van der Waals surface area contributed by atoms with Crippen LogP contribution in [0.4, 0.5) is 5.69 Å². The number of benzene rings is 1. The number of fused-ring (bicyclic) bond motifs is 2. The third kappa shape index (κ3) is 1.95. The van der Waals surface area contributed by atoms with Crippen molar-refractivity contribution in [2.24, 2.45) is 10.9 Å². The first kappa shape index (κ1) is 10.5. The van der Waals surface area contributed by atoms with Crippen molar-refractivity contribution in [2.45, 2.75) is 25.7 Å². The van der Waals surface area contributed by atoms with Crippen molar-refractivity contribution in [1.29, 1.82) is 0 Å². The number of hydrogen-bond donors (Lipinski definition) is 0. The maximum atomic E-state index is 10.8. The largest absolute Gasteiger partial charge is 0.298 e. The SMILES string of the molecule is O=Cc1ccc2c(c1)C=C1CCCCC1C=N2. The van der Waals surface area contributed by atoms with Crippen molar-refractivity contribution in [1.82, 2.24) is 0 Å². The molecular weight excluding hydrogens is 210 g/mol. The smallest absolute Gasteiger partial charge is 0.150 e. The van der Waals surface area contributed by atoms with Gasteiger partial charge >= 0.3 is 0 Å². The molecule has 1 saturated carbocycles. The van der Waals surface area contributed by atoms with Gasteiger partial charge in [-0.25, -0.2) is 0 Å². The molecule has 17 heavy (non-hydrogen) atoms. The predicted molar refractivity (Wildman–Crippen MR) is 69.9 cm³/mol. The number of nitrogens with zero attached hydrogens (tertiary/aromatic N) is 1. The van der Waals surface area contributed by atoms with Gasteiger partial charge in [0.05, 0.1) is 5.69 Å². The molecule has 0 amide bonds. The fourth-order valence-electron chi connectivity index (χ4n) is 2.66. The molecule has 1 unspecified atom stereocenters. The highest BCUT2D eigenvalue weighted by molar-refractivity contribution is 5.84. The molecule has 0 saturated heterocycles. The second-order valence-corrected chi connectivity index (χ2v) is 4.79. The number of aliphatic imine (C=N–C) groups is 1. The topological polar surface area (TPSA) is 29.4 Å². The monoisotopic (exact) mass is 225 g/mol. The summed E-state index contributed by atoms with van der Waals surface area (Å²) in [7, 11) is 0. The summed E-state index contributed by atoms with van der Waals surface area (Å²) in [5.74, 6) is 0.510. The molecule has 1 heterocycles. The zero-order valence-electron chi connectivity index (χ0n) is 9.73. The van der Waals surface area contributed by atoms with Crippen LogP contribution in [-0.2, 0) is 0 Å². The van der Waals surface area contributed by atoms with Crippen molar-refractivity contribution in [3.8, 4) is 0 Å². The van der Waals surface area contributed by atoms with Crippen LogP contribution in [0.5, 0.6) is 0 Å². The maximum Gasteiger partial charge on any atom is 0.150 e. The lowest BCUT2D eigenvalue weighted by molar-refractivity contribution is 0.112. The van der Waals surface area contributed by atoms with Gasteiger partial charge in [0.15, 0.2) is 0 Å². The molecule has 2 heteroatoms. The summed E-state index contributed by atoms with van der Waals surface area (Å²) in [6, 6.07) is 5.70. The Morgan fingerprint density at radius 3 is 3.12 bits per heavy atom. The summed E-state index contributed by atoms with van der Waals surface area (Å²) in [6.07, 6.45) is 10.2. The van der Waals surface area contributed by atoms with Crippen LogP contribution >= 0.6 is 0 Å². The molecule has 1 fully saturated rings. The fourth-order valence-corrected chi connectivity index (χ4v) is 2.66. The molecule has 3 rings (SSSR count). The lowest BCUT2D eigenvalue weighted by atomic mass is 9.84. The summed E-state index contributed by atoms with van der Waals surface area (Å²) in [5.41, 5.74) is 4.27. The van der Waals surface area contributed by atoms with Crippen molar-refractivity contribution in [2.75, 3.05) is 0 Å². The van der Waals surface area contributed by atoms with Crippen LogP contribution in [0.1, 0.15) is 41.6 Å². The lowest BCUT2D eigenvalue weighted by Gasteiger charge is -2.20. The molecule has 0 bridgehead atoms. The number of hydrogen-bond acceptors (Lipinski definition) is 2. The zero-order valence-corrected chi connectivity index (χ0v) is 9.73. The molecule has 0 aromatic heterocycles. The van der Waals surface area contributed by atoms with Crippen molar-refractivity contribution < 1.29 is 4.79 Å². The Hall–Kier alpha value is -1.70. The average Bonchev–Trinajstić information content (AvgIpc) is 2.56. The van der Waals surface area contributed by atoms with Crippen molar-refractivity contribution in [3.63, 3.8) is 0 Å². The molecule has 1 aliphatic carbocycles. The van der Waals surface area contributed by atoms with Crippen LogP contribution in [0.15, 0.2) is 28.8 Å². The van der Waals surface area contributed by atoms with E-state index in [9.17, 15) is 4.79 Å². The van der Waals surface area contributed by atoms with Crippen LogP contribution in [-0.4, -0.2) is 12.5 Å². The number of carbonyl (C=O) groups is 1. The molecule has 2 aliphatic rings. The molecule has 1 aromatic rings. The average molecular weight is 225 g/mol. The highest BCUT2D eigenvalue weighted by Crippen LogP contribution is 2.35. The molecule has 0 spiro atoms. The van der Waals surface area contributed by atoms with Gasteiger partial charge in [0.25, 0.3) is 0 Å². The third-order valence-corrected chi connectivity index (χ3v) is 3.63. The minimum absolute atomic E-state index is 0.510. The van der Waals surface area contributed by atoms with Crippen LogP contribution in [0.2, 0.25) is 0 Å². The van der Waals surface area contributed by atoms with Crippen LogP contribution in [0.3, 0.4) is 0 Å². The fraction of sp³-hybridized carbons (Fsp3) is 0.333. The molecule has 1 aliphatic heterocycles. The van der Waals surface area contributed by atoms with E-state index in [1.807, 2.05) is 18.2 Å². The minimum atomic E-state index is 0.510. The molecule has 2 nitrogen and oxygen atoms in total. The molecule has 0 N–H and O–H groups in total. The summed E-state index contributed by atoms with van der Waals surface area (Å²) < 4.78 is 0. The third-order valence-electron chi connectivity index (χ3n) is 3.63. The maximum absolute atomic E-state index is 10.8. The van der Waals surface area contributed by atoms with E-state index in [1.165, 1.54) is 31.3 Å². The van der Waals surface area contributed by atoms with Gasteiger partial charge in [-0.05, 0) is 37.5 Å². The van der Waals surface area contributed by atoms with Gasteiger partial charge in [-0.3, -0.25) is 9.79 Å². The standard InChI is InChI=1S/C15H15NO/c17-10-11-5-6-15-14(7-11)8-12-3-1-2-4-13(12)9-16-15/h5-10,13H,1-4H2. The van der Waals surface area contributed by atoms with Gasteiger partial charge in [0.2, 0.25) is 0 Å². The summed E-state index contributed by atoms with van der Waals surface area (Å²) in [5, 5.41) is 0. The van der Waals surface area contributed by atoms with Gasteiger partial charge in [0, 0.05) is 23.3 Å². The molecule has 1 atom stereocenters. The van der Waals surface area contributed by atoms with E-state index in [0.29, 0.717) is 5.92 Å². The van der Waals surface area contributed by atoms with E-state index in [-0.39, 0.29) is 0 Å². The zero-order chi connectivity index (χ0) is 11.7. The molecule has 0 radical (unpaired) electrons. The highest BCUT2D eigenvalue weighted by atomic mass is 16.1. The molecule has 86 valence electrons. The van der Waals surface area contributed by atoms with Crippen LogP contribution < -0.4 is 0 Å². The van der Waals surface area contributed by atoms with Gasteiger partial charge in [-0.1, -0.05) is 18.1 Å². The number of allylic oxidation sites excluding steroid dienone is 1.